The molecule has 4 rings (SSSR count). The molecule has 1 amide bonds. The molecule has 0 radical (unpaired) electrons. The number of amides is 1. The van der Waals surface area contributed by atoms with Crippen LogP contribution in [0.1, 0.15) is 36.8 Å². The van der Waals surface area contributed by atoms with E-state index in [1.54, 1.807) is 12.3 Å². The van der Waals surface area contributed by atoms with Gasteiger partial charge >= 0.3 is 11.8 Å². The molecule has 2 heterocycles. The summed E-state index contributed by atoms with van der Waals surface area (Å²) in [5.41, 5.74) is 8.56. The summed E-state index contributed by atoms with van der Waals surface area (Å²) in [7, 11) is 0. The molecule has 2 aliphatic rings. The topological polar surface area (TPSA) is 113 Å². The van der Waals surface area contributed by atoms with Crippen molar-refractivity contribution < 1.29 is 9.90 Å². The minimum atomic E-state index is -0.929. The second kappa shape index (κ2) is 7.63. The molecule has 0 bridgehead atoms. The van der Waals surface area contributed by atoms with Crippen molar-refractivity contribution >= 4 is 11.9 Å². The molecule has 0 unspecified atom stereocenters. The Kier molecular flexibility index (Phi) is 5.04. The van der Waals surface area contributed by atoms with E-state index in [0.717, 1.165) is 50.9 Å². The van der Waals surface area contributed by atoms with Crippen molar-refractivity contribution in [3.05, 3.63) is 52.1 Å². The van der Waals surface area contributed by atoms with E-state index >= 15 is 0 Å². The molecule has 2 aromatic rings. The molecule has 0 spiro atoms. The highest BCUT2D eigenvalue weighted by atomic mass is 16.4. The number of rotatable bonds is 3. The summed E-state index contributed by atoms with van der Waals surface area (Å²) >= 11 is 0. The number of carbonyl (C=O) groups is 1. The van der Waals surface area contributed by atoms with Gasteiger partial charge in [-0.1, -0.05) is 6.07 Å². The molecule has 28 heavy (non-hydrogen) atoms. The maximum absolute atomic E-state index is 12.1. The summed E-state index contributed by atoms with van der Waals surface area (Å²) in [6.07, 6.45) is 5.49. The average molecular weight is 383 g/mol. The van der Waals surface area contributed by atoms with Crippen LogP contribution in [0.15, 0.2) is 35.3 Å². The molecule has 1 aliphatic carbocycles. The van der Waals surface area contributed by atoms with Crippen molar-refractivity contribution in [3.63, 3.8) is 0 Å². The van der Waals surface area contributed by atoms with Gasteiger partial charge in [0.2, 0.25) is 0 Å². The highest BCUT2D eigenvalue weighted by molar-refractivity contribution is 5.64. The van der Waals surface area contributed by atoms with Crippen LogP contribution in [0.25, 0.3) is 5.69 Å². The van der Waals surface area contributed by atoms with Gasteiger partial charge in [0.15, 0.2) is 0 Å². The van der Waals surface area contributed by atoms with Crippen LogP contribution in [-0.4, -0.2) is 44.3 Å². The third kappa shape index (κ3) is 3.87. The van der Waals surface area contributed by atoms with Crippen molar-refractivity contribution in [2.45, 2.75) is 50.7 Å². The Hall–Kier alpha value is -2.87. The van der Waals surface area contributed by atoms with Crippen LogP contribution in [0, 0.1) is 0 Å². The van der Waals surface area contributed by atoms with Crippen molar-refractivity contribution in [3.8, 4) is 5.69 Å². The molecule has 8 heteroatoms. The van der Waals surface area contributed by atoms with E-state index in [-0.39, 0.29) is 17.5 Å². The SMILES string of the molecule is Nc1ccn(-c2ccc3c(c2)CCN(C2CCC(NC(=O)O)CC2)C3)c(=O)n1. The number of nitrogen functional groups attached to an aromatic ring is 1. The first-order valence-electron chi connectivity index (χ1n) is 9.70. The maximum atomic E-state index is 12.1. The van der Waals surface area contributed by atoms with Crippen molar-refractivity contribution in [2.24, 2.45) is 0 Å². The van der Waals surface area contributed by atoms with E-state index in [1.165, 1.54) is 15.7 Å². The lowest BCUT2D eigenvalue weighted by Gasteiger charge is -2.39. The number of carboxylic acid groups (broad SMARTS) is 1. The zero-order chi connectivity index (χ0) is 19.7. The third-order valence-corrected chi connectivity index (χ3v) is 5.88. The van der Waals surface area contributed by atoms with Crippen LogP contribution in [0.2, 0.25) is 0 Å². The number of nitrogens with zero attached hydrogens (tertiary/aromatic N) is 3. The van der Waals surface area contributed by atoms with Crippen LogP contribution in [0.3, 0.4) is 0 Å². The normalized spacial score (nSPS) is 22.4. The summed E-state index contributed by atoms with van der Waals surface area (Å²) < 4.78 is 1.51. The predicted octanol–water partition coefficient (Wildman–Crippen LogP) is 1.75. The van der Waals surface area contributed by atoms with E-state index in [1.807, 2.05) is 6.07 Å². The second-order valence-electron chi connectivity index (χ2n) is 7.63. The van der Waals surface area contributed by atoms with Gasteiger partial charge in [-0.05, 0) is 61.4 Å². The number of anilines is 1. The van der Waals surface area contributed by atoms with E-state index < -0.39 is 6.09 Å². The lowest BCUT2D eigenvalue weighted by atomic mass is 9.88. The monoisotopic (exact) mass is 383 g/mol. The average Bonchev–Trinajstić information content (AvgIpc) is 2.67. The Morgan fingerprint density at radius 1 is 1.18 bits per heavy atom. The van der Waals surface area contributed by atoms with Crippen molar-refractivity contribution in [2.75, 3.05) is 12.3 Å². The lowest BCUT2D eigenvalue weighted by Crippen LogP contribution is -2.45. The van der Waals surface area contributed by atoms with Gasteiger partial charge in [-0.25, -0.2) is 9.59 Å². The highest BCUT2D eigenvalue weighted by Gasteiger charge is 2.28. The minimum Gasteiger partial charge on any atom is -0.465 e. The quantitative estimate of drug-likeness (QED) is 0.744. The Morgan fingerprint density at radius 3 is 2.68 bits per heavy atom. The van der Waals surface area contributed by atoms with E-state index in [9.17, 15) is 9.59 Å². The highest BCUT2D eigenvalue weighted by Crippen LogP contribution is 2.29. The van der Waals surface area contributed by atoms with Crippen LogP contribution < -0.4 is 16.7 Å². The van der Waals surface area contributed by atoms with Gasteiger partial charge in [-0.3, -0.25) is 9.47 Å². The zero-order valence-electron chi connectivity index (χ0n) is 15.7. The van der Waals surface area contributed by atoms with Gasteiger partial charge in [-0.2, -0.15) is 4.98 Å². The zero-order valence-corrected chi connectivity index (χ0v) is 15.7. The molecule has 148 valence electrons. The first-order valence-corrected chi connectivity index (χ1v) is 9.70. The van der Waals surface area contributed by atoms with Gasteiger partial charge in [-0.15, -0.1) is 0 Å². The Morgan fingerprint density at radius 2 is 1.96 bits per heavy atom. The van der Waals surface area contributed by atoms with Gasteiger partial charge in [0, 0.05) is 31.4 Å². The lowest BCUT2D eigenvalue weighted by molar-refractivity contribution is 0.127. The standard InChI is InChI=1S/C20H25N5O3/c21-18-8-10-25(19(26)23-18)17-4-1-14-12-24(9-7-13(14)11-17)16-5-2-15(3-6-16)22-20(27)28/h1,4,8,10-11,15-16,22H,2-3,5-7,9,12H2,(H,27,28)(H2,21,23,26). The smallest absolute Gasteiger partial charge is 0.404 e. The molecule has 1 fully saturated rings. The van der Waals surface area contributed by atoms with Gasteiger partial charge in [0.1, 0.15) is 5.82 Å². The van der Waals surface area contributed by atoms with E-state index in [4.69, 9.17) is 10.8 Å². The molecule has 1 aliphatic heterocycles. The van der Waals surface area contributed by atoms with Gasteiger partial charge in [0.25, 0.3) is 0 Å². The summed E-state index contributed by atoms with van der Waals surface area (Å²) in [6.45, 7) is 1.87. The summed E-state index contributed by atoms with van der Waals surface area (Å²) in [6, 6.07) is 8.33. The number of nitrogens with two attached hydrogens (primary N) is 1. The molecule has 0 atom stereocenters. The first kappa shape index (κ1) is 18.5. The van der Waals surface area contributed by atoms with Gasteiger partial charge in [0.05, 0.1) is 5.69 Å². The summed E-state index contributed by atoms with van der Waals surface area (Å²) in [4.78, 5) is 29.2. The van der Waals surface area contributed by atoms with Crippen LogP contribution in [0.4, 0.5) is 10.6 Å². The van der Waals surface area contributed by atoms with Crippen LogP contribution in [-0.2, 0) is 13.0 Å². The number of aromatic nitrogens is 2. The first-order chi connectivity index (χ1) is 13.5. The molecule has 1 saturated carbocycles. The number of nitrogens with one attached hydrogen (secondary N) is 1. The molecule has 4 N–H and O–H groups in total. The number of fused-ring (bicyclic) bond motifs is 1. The fraction of sp³-hybridized carbons (Fsp3) is 0.450. The van der Waals surface area contributed by atoms with E-state index in [2.05, 4.69) is 27.3 Å². The largest absolute Gasteiger partial charge is 0.465 e. The minimum absolute atomic E-state index is 0.0835. The molecule has 0 saturated heterocycles. The van der Waals surface area contributed by atoms with Gasteiger partial charge < -0.3 is 16.2 Å². The Bertz CT molecular complexity index is 934. The summed E-state index contributed by atoms with van der Waals surface area (Å²) in [5.74, 6) is 0.225. The number of hydrogen-bond donors (Lipinski definition) is 3. The molecule has 8 nitrogen and oxygen atoms in total. The van der Waals surface area contributed by atoms with Crippen molar-refractivity contribution in [1.29, 1.82) is 0 Å². The predicted molar refractivity (Wildman–Crippen MR) is 106 cm³/mol. The molecule has 1 aromatic heterocycles. The van der Waals surface area contributed by atoms with E-state index in [0.29, 0.717) is 6.04 Å². The third-order valence-electron chi connectivity index (χ3n) is 5.88. The Labute approximate surface area is 163 Å². The summed E-state index contributed by atoms with van der Waals surface area (Å²) in [5, 5.41) is 11.5. The Balaban J connectivity index is 1.44. The maximum Gasteiger partial charge on any atom is 0.404 e. The number of hydrogen-bond acceptors (Lipinski definition) is 5. The fourth-order valence-electron chi connectivity index (χ4n) is 4.40. The fourth-order valence-corrected chi connectivity index (χ4v) is 4.40. The number of benzene rings is 1. The second-order valence-corrected chi connectivity index (χ2v) is 7.63. The molecule has 1 aromatic carbocycles. The molecular weight excluding hydrogens is 358 g/mol. The van der Waals surface area contributed by atoms with Crippen LogP contribution in [0.5, 0.6) is 0 Å². The van der Waals surface area contributed by atoms with Crippen LogP contribution >= 0.6 is 0 Å². The van der Waals surface area contributed by atoms with Crippen molar-refractivity contribution in [1.82, 2.24) is 19.8 Å². The molecular formula is C20H25N5O3.